The molecule has 1 fully saturated rings. The van der Waals surface area contributed by atoms with E-state index in [0.29, 0.717) is 22.1 Å². The lowest BCUT2D eigenvalue weighted by Crippen LogP contribution is -2.44. The quantitative estimate of drug-likeness (QED) is 0.665. The van der Waals surface area contributed by atoms with Gasteiger partial charge in [-0.15, -0.1) is 0 Å². The highest BCUT2D eigenvalue weighted by molar-refractivity contribution is 6.33. The number of benzene rings is 2. The van der Waals surface area contributed by atoms with Gasteiger partial charge in [-0.25, -0.2) is 0 Å². The molecule has 29 heavy (non-hydrogen) atoms. The summed E-state index contributed by atoms with van der Waals surface area (Å²) in [5, 5.41) is 3.55. The van der Waals surface area contributed by atoms with E-state index in [0.717, 1.165) is 37.4 Å². The summed E-state index contributed by atoms with van der Waals surface area (Å²) in [6.07, 6.45) is 0. The summed E-state index contributed by atoms with van der Waals surface area (Å²) >= 11 is 6.25. The summed E-state index contributed by atoms with van der Waals surface area (Å²) in [6, 6.07) is 17.2. The van der Waals surface area contributed by atoms with Gasteiger partial charge in [0.15, 0.2) is 0 Å². The Morgan fingerprint density at radius 3 is 2.41 bits per heavy atom. The molecule has 0 aliphatic carbocycles. The Kier molecular flexibility index (Phi) is 5.60. The lowest BCUT2D eigenvalue weighted by molar-refractivity contribution is 0.102. The van der Waals surface area contributed by atoms with Gasteiger partial charge in [-0.3, -0.25) is 4.79 Å². The first kappa shape index (κ1) is 19.6. The van der Waals surface area contributed by atoms with Crippen LogP contribution < -0.4 is 10.2 Å². The van der Waals surface area contributed by atoms with Crippen molar-refractivity contribution in [2.24, 2.45) is 0 Å². The van der Waals surface area contributed by atoms with Gasteiger partial charge in [0, 0.05) is 43.1 Å². The number of piperazine rings is 1. The largest absolute Gasteiger partial charge is 0.460 e. The van der Waals surface area contributed by atoms with Crippen LogP contribution in [0.1, 0.15) is 16.1 Å². The van der Waals surface area contributed by atoms with Crippen molar-refractivity contribution < 1.29 is 9.21 Å². The third-order valence-corrected chi connectivity index (χ3v) is 5.62. The number of anilines is 2. The average Bonchev–Trinajstić information content (AvgIpc) is 3.11. The summed E-state index contributed by atoms with van der Waals surface area (Å²) in [7, 11) is 2.14. The number of nitrogens with one attached hydrogen (secondary N) is 1. The van der Waals surface area contributed by atoms with Crippen LogP contribution in [0.15, 0.2) is 59.0 Å². The molecule has 0 spiro atoms. The van der Waals surface area contributed by atoms with Crippen LogP contribution in [0, 0.1) is 6.92 Å². The van der Waals surface area contributed by atoms with E-state index in [4.69, 9.17) is 16.0 Å². The molecule has 5 nitrogen and oxygen atoms in total. The highest BCUT2D eigenvalue weighted by atomic mass is 35.5. The first-order chi connectivity index (χ1) is 14.0. The number of rotatable bonds is 4. The number of halogens is 1. The second-order valence-corrected chi connectivity index (χ2v) is 7.76. The van der Waals surface area contributed by atoms with Crippen molar-refractivity contribution in [3.63, 3.8) is 0 Å². The molecular weight excluding hydrogens is 386 g/mol. The molecule has 3 aromatic rings. The molecule has 1 aliphatic heterocycles. The summed E-state index contributed by atoms with van der Waals surface area (Å²) in [5.74, 6) is 0.951. The van der Waals surface area contributed by atoms with Crippen molar-refractivity contribution in [2.45, 2.75) is 6.92 Å². The molecule has 150 valence electrons. The number of hydrogen-bond donors (Lipinski definition) is 1. The number of amides is 1. The summed E-state index contributed by atoms with van der Waals surface area (Å²) in [4.78, 5) is 17.5. The normalized spacial score (nSPS) is 14.8. The Hall–Kier alpha value is -2.76. The van der Waals surface area contributed by atoms with Gasteiger partial charge in [0.05, 0.1) is 10.6 Å². The molecule has 6 heteroatoms. The van der Waals surface area contributed by atoms with E-state index in [2.05, 4.69) is 34.3 Å². The highest BCUT2D eigenvalue weighted by Gasteiger charge is 2.18. The van der Waals surface area contributed by atoms with E-state index in [9.17, 15) is 4.79 Å². The van der Waals surface area contributed by atoms with Gasteiger partial charge in [0.2, 0.25) is 0 Å². The third-order valence-electron chi connectivity index (χ3n) is 5.30. The predicted molar refractivity (Wildman–Crippen MR) is 118 cm³/mol. The van der Waals surface area contributed by atoms with Gasteiger partial charge in [0.25, 0.3) is 5.91 Å². The average molecular weight is 410 g/mol. The molecule has 0 saturated carbocycles. The standard InChI is InChI=1S/C23H24ClN3O2/c1-16-20(15-22(29-16)19-5-3-4-6-21(19)24)23(28)25-17-7-9-18(10-8-17)27-13-11-26(2)12-14-27/h3-10,15H,11-14H2,1-2H3,(H,25,28). The van der Waals surface area contributed by atoms with Crippen LogP contribution in [0.3, 0.4) is 0 Å². The fraction of sp³-hybridized carbons (Fsp3) is 0.261. The summed E-state index contributed by atoms with van der Waals surface area (Å²) in [5.41, 5.74) is 3.21. The Morgan fingerprint density at radius 2 is 1.72 bits per heavy atom. The number of furan rings is 1. The van der Waals surface area contributed by atoms with Crippen molar-refractivity contribution in [1.29, 1.82) is 0 Å². The SMILES string of the molecule is Cc1oc(-c2ccccc2Cl)cc1C(=O)Nc1ccc(N2CCN(C)CC2)cc1. The predicted octanol–water partition coefficient (Wildman–Crippen LogP) is 4.91. The van der Waals surface area contributed by atoms with Crippen LogP contribution in [0.4, 0.5) is 11.4 Å². The number of carbonyl (C=O) groups is 1. The molecule has 0 atom stereocenters. The number of hydrogen-bond acceptors (Lipinski definition) is 4. The first-order valence-corrected chi connectivity index (χ1v) is 10.1. The number of aryl methyl sites for hydroxylation is 1. The lowest BCUT2D eigenvalue weighted by atomic mass is 10.1. The maximum absolute atomic E-state index is 12.8. The number of carbonyl (C=O) groups excluding carboxylic acids is 1. The Bertz CT molecular complexity index is 1010. The topological polar surface area (TPSA) is 48.7 Å². The molecule has 0 bridgehead atoms. The highest BCUT2D eigenvalue weighted by Crippen LogP contribution is 2.31. The molecule has 2 heterocycles. The zero-order chi connectivity index (χ0) is 20.4. The minimum absolute atomic E-state index is 0.197. The molecule has 0 radical (unpaired) electrons. The maximum Gasteiger partial charge on any atom is 0.259 e. The van der Waals surface area contributed by atoms with E-state index in [1.54, 1.807) is 19.1 Å². The zero-order valence-electron chi connectivity index (χ0n) is 16.6. The van der Waals surface area contributed by atoms with Gasteiger partial charge >= 0.3 is 0 Å². The van der Waals surface area contributed by atoms with Crippen molar-refractivity contribution >= 4 is 28.9 Å². The summed E-state index contributed by atoms with van der Waals surface area (Å²) in [6.45, 7) is 5.94. The fourth-order valence-electron chi connectivity index (χ4n) is 3.52. The fourth-order valence-corrected chi connectivity index (χ4v) is 3.75. The number of likely N-dealkylation sites (N-methyl/N-ethyl adjacent to an activating group) is 1. The molecule has 1 aromatic heterocycles. The molecule has 4 rings (SSSR count). The second-order valence-electron chi connectivity index (χ2n) is 7.35. The van der Waals surface area contributed by atoms with Crippen LogP contribution >= 0.6 is 11.6 Å². The second kappa shape index (κ2) is 8.31. The summed E-state index contributed by atoms with van der Waals surface area (Å²) < 4.78 is 5.79. The Balaban J connectivity index is 1.46. The van der Waals surface area contributed by atoms with Gasteiger partial charge in [-0.05, 0) is 56.4 Å². The zero-order valence-corrected chi connectivity index (χ0v) is 17.4. The van der Waals surface area contributed by atoms with Crippen molar-refractivity contribution in [2.75, 3.05) is 43.4 Å². The van der Waals surface area contributed by atoms with Crippen molar-refractivity contribution in [3.8, 4) is 11.3 Å². The molecule has 1 amide bonds. The van der Waals surface area contributed by atoms with Gasteiger partial charge in [-0.2, -0.15) is 0 Å². The molecule has 1 aliphatic rings. The van der Waals surface area contributed by atoms with Crippen molar-refractivity contribution in [1.82, 2.24) is 4.90 Å². The molecule has 1 saturated heterocycles. The smallest absolute Gasteiger partial charge is 0.259 e. The minimum Gasteiger partial charge on any atom is -0.460 e. The van der Waals surface area contributed by atoms with Gasteiger partial charge in [0.1, 0.15) is 11.5 Å². The van der Waals surface area contributed by atoms with E-state index < -0.39 is 0 Å². The van der Waals surface area contributed by atoms with Crippen LogP contribution in [0.5, 0.6) is 0 Å². The van der Waals surface area contributed by atoms with Crippen LogP contribution in [-0.2, 0) is 0 Å². The van der Waals surface area contributed by atoms with E-state index in [1.807, 2.05) is 30.3 Å². The van der Waals surface area contributed by atoms with E-state index in [-0.39, 0.29) is 5.91 Å². The van der Waals surface area contributed by atoms with Crippen molar-refractivity contribution in [3.05, 3.63) is 70.9 Å². The van der Waals surface area contributed by atoms with Crippen LogP contribution in [0.25, 0.3) is 11.3 Å². The first-order valence-electron chi connectivity index (χ1n) is 9.71. The minimum atomic E-state index is -0.197. The van der Waals surface area contributed by atoms with E-state index >= 15 is 0 Å². The van der Waals surface area contributed by atoms with Crippen LogP contribution in [0.2, 0.25) is 5.02 Å². The molecule has 1 N–H and O–H groups in total. The Morgan fingerprint density at radius 1 is 1.03 bits per heavy atom. The third kappa shape index (κ3) is 4.31. The molecular formula is C23H24ClN3O2. The van der Waals surface area contributed by atoms with Crippen LogP contribution in [-0.4, -0.2) is 44.0 Å². The lowest BCUT2D eigenvalue weighted by Gasteiger charge is -2.34. The van der Waals surface area contributed by atoms with Gasteiger partial charge < -0.3 is 19.5 Å². The maximum atomic E-state index is 12.8. The van der Waals surface area contributed by atoms with E-state index in [1.165, 1.54) is 5.69 Å². The monoisotopic (exact) mass is 409 g/mol. The molecule has 0 unspecified atom stereocenters. The Labute approximate surface area is 175 Å². The molecule has 2 aromatic carbocycles. The van der Waals surface area contributed by atoms with Gasteiger partial charge in [-0.1, -0.05) is 23.7 Å². The number of nitrogens with zero attached hydrogens (tertiary/aromatic N) is 2.